The van der Waals surface area contributed by atoms with Crippen LogP contribution in [-0.4, -0.2) is 113 Å². The number of aliphatic hydroxyl groups excluding tert-OH is 1. The van der Waals surface area contributed by atoms with Crippen molar-refractivity contribution in [1.82, 2.24) is 31.9 Å². The van der Waals surface area contributed by atoms with Crippen molar-refractivity contribution < 1.29 is 44.1 Å². The molecule has 0 aliphatic rings. The minimum absolute atomic E-state index is 0.0892. The molecule has 0 aliphatic carbocycles. The van der Waals surface area contributed by atoms with Gasteiger partial charge in [0, 0.05) is 6.54 Å². The van der Waals surface area contributed by atoms with Crippen LogP contribution in [-0.2, 0) is 28.8 Å². The normalized spacial score (nSPS) is 15.1. The van der Waals surface area contributed by atoms with Crippen molar-refractivity contribution in [1.29, 1.82) is 0 Å². The van der Waals surface area contributed by atoms with Gasteiger partial charge in [0.05, 0.1) is 18.3 Å². The van der Waals surface area contributed by atoms with E-state index in [-0.39, 0.29) is 18.7 Å². The standard InChI is InChI=1S/C26H47N7O9S/c1-13(2)20(26(41)42)33-24(39)18(12-19(35)36)32-23(38)17(9-11-43-6)30-22(37)16(8-7-10-29-15(4)27)31-25(40)21(28-5)14(3)34/h13-14,16-18,20-21,28-29,34H,4,7-12,27H2,1-3,5-6H3,(H,30,37)(H,31,40)(H,32,38)(H,33,39)(H,35,36)(H,41,42). The molecule has 0 spiro atoms. The Morgan fingerprint density at radius 3 is 1.77 bits per heavy atom. The van der Waals surface area contributed by atoms with E-state index in [0.717, 1.165) is 0 Å². The summed E-state index contributed by atoms with van der Waals surface area (Å²) in [5.74, 6) is -5.94. The largest absolute Gasteiger partial charge is 0.481 e. The summed E-state index contributed by atoms with van der Waals surface area (Å²) in [6, 6.07) is -6.36. The molecule has 43 heavy (non-hydrogen) atoms. The fourth-order valence-corrected chi connectivity index (χ4v) is 4.35. The predicted molar refractivity (Wildman–Crippen MR) is 161 cm³/mol. The van der Waals surface area contributed by atoms with E-state index in [1.54, 1.807) is 20.1 Å². The lowest BCUT2D eigenvalue weighted by Crippen LogP contribution is -2.59. The van der Waals surface area contributed by atoms with Crippen LogP contribution in [0.2, 0.25) is 0 Å². The second-order valence-corrected chi connectivity index (χ2v) is 11.2. The van der Waals surface area contributed by atoms with Gasteiger partial charge in [0.2, 0.25) is 23.6 Å². The van der Waals surface area contributed by atoms with Crippen molar-refractivity contribution >= 4 is 47.3 Å². The molecule has 0 fully saturated rings. The summed E-state index contributed by atoms with van der Waals surface area (Å²) in [5.41, 5.74) is 5.50. The molecule has 0 saturated heterocycles. The third-order valence-corrected chi connectivity index (χ3v) is 6.86. The van der Waals surface area contributed by atoms with E-state index < -0.39 is 84.2 Å². The van der Waals surface area contributed by atoms with Crippen LogP contribution in [0.5, 0.6) is 0 Å². The second-order valence-electron chi connectivity index (χ2n) is 10.2. The van der Waals surface area contributed by atoms with Gasteiger partial charge in [0.1, 0.15) is 30.2 Å². The number of carboxylic acids is 2. The van der Waals surface area contributed by atoms with Crippen molar-refractivity contribution in [3.63, 3.8) is 0 Å². The molecule has 0 aromatic carbocycles. The van der Waals surface area contributed by atoms with Crippen molar-refractivity contribution in [2.45, 2.75) is 82.8 Å². The number of likely N-dealkylation sites (N-methyl/N-ethyl adjacent to an activating group) is 1. The highest BCUT2D eigenvalue weighted by atomic mass is 32.2. The van der Waals surface area contributed by atoms with Crippen LogP contribution in [0.4, 0.5) is 0 Å². The van der Waals surface area contributed by atoms with Gasteiger partial charge in [-0.1, -0.05) is 20.4 Å². The third kappa shape index (κ3) is 15.5. The highest BCUT2D eigenvalue weighted by Crippen LogP contribution is 2.08. The number of carbonyl (C=O) groups excluding carboxylic acids is 4. The first-order valence-corrected chi connectivity index (χ1v) is 15.1. The molecule has 0 aromatic rings. The van der Waals surface area contributed by atoms with E-state index in [4.69, 9.17) is 5.73 Å². The molecule has 4 amide bonds. The smallest absolute Gasteiger partial charge is 0.326 e. The zero-order valence-electron chi connectivity index (χ0n) is 25.3. The molecule has 0 bridgehead atoms. The topological polar surface area (TPSA) is 261 Å². The van der Waals surface area contributed by atoms with E-state index in [0.29, 0.717) is 18.7 Å². The van der Waals surface area contributed by atoms with Crippen LogP contribution < -0.4 is 37.6 Å². The Balaban J connectivity index is 5.96. The van der Waals surface area contributed by atoms with E-state index in [1.807, 2.05) is 0 Å². The number of amides is 4. The summed E-state index contributed by atoms with van der Waals surface area (Å²) in [7, 11) is 1.47. The molecule has 0 aliphatic heterocycles. The highest BCUT2D eigenvalue weighted by molar-refractivity contribution is 7.98. The molecule has 0 aromatic heterocycles. The molecule has 6 unspecified atom stereocenters. The van der Waals surface area contributed by atoms with Crippen LogP contribution in [0.15, 0.2) is 12.4 Å². The Morgan fingerprint density at radius 2 is 1.33 bits per heavy atom. The molecule has 11 N–H and O–H groups in total. The highest BCUT2D eigenvalue weighted by Gasteiger charge is 2.33. The maximum absolute atomic E-state index is 13.4. The summed E-state index contributed by atoms with van der Waals surface area (Å²) < 4.78 is 0. The van der Waals surface area contributed by atoms with Crippen molar-refractivity contribution in [3.8, 4) is 0 Å². The monoisotopic (exact) mass is 633 g/mol. The van der Waals surface area contributed by atoms with Crippen molar-refractivity contribution in [2.24, 2.45) is 11.7 Å². The number of thioether (sulfide) groups is 1. The van der Waals surface area contributed by atoms with E-state index >= 15 is 0 Å². The van der Waals surface area contributed by atoms with Gasteiger partial charge >= 0.3 is 11.9 Å². The molecule has 0 saturated carbocycles. The van der Waals surface area contributed by atoms with Gasteiger partial charge in [-0.25, -0.2) is 4.79 Å². The maximum Gasteiger partial charge on any atom is 0.326 e. The third-order valence-electron chi connectivity index (χ3n) is 6.22. The summed E-state index contributed by atoms with van der Waals surface area (Å²) in [4.78, 5) is 75.2. The number of hydrogen-bond donors (Lipinski definition) is 10. The number of aliphatic carboxylic acids is 2. The lowest BCUT2D eigenvalue weighted by molar-refractivity contribution is -0.144. The summed E-state index contributed by atoms with van der Waals surface area (Å²) in [5, 5.41) is 43.8. The average molecular weight is 634 g/mol. The quantitative estimate of drug-likeness (QED) is 0.0561. The zero-order chi connectivity index (χ0) is 33.3. The predicted octanol–water partition coefficient (Wildman–Crippen LogP) is -2.34. The molecular weight excluding hydrogens is 586 g/mol. The number of hydrogen-bond acceptors (Lipinski definition) is 11. The Labute approximate surface area is 255 Å². The van der Waals surface area contributed by atoms with E-state index in [2.05, 4.69) is 38.5 Å². The summed E-state index contributed by atoms with van der Waals surface area (Å²) in [6.45, 7) is 8.36. The minimum atomic E-state index is -1.63. The number of carbonyl (C=O) groups is 6. The first kappa shape index (κ1) is 39.4. The fraction of sp³-hybridized carbons (Fsp3) is 0.692. The van der Waals surface area contributed by atoms with Gasteiger partial charge in [-0.05, 0) is 51.2 Å². The summed E-state index contributed by atoms with van der Waals surface area (Å²) in [6.07, 6.45) is 0.409. The van der Waals surface area contributed by atoms with Crippen molar-refractivity contribution in [2.75, 3.05) is 25.6 Å². The molecule has 246 valence electrons. The molecular formula is C26H47N7O9S. The average Bonchev–Trinajstić information content (AvgIpc) is 2.89. The van der Waals surface area contributed by atoms with Gasteiger partial charge in [0.15, 0.2) is 0 Å². The molecule has 0 rings (SSSR count). The Morgan fingerprint density at radius 1 is 0.814 bits per heavy atom. The number of nitrogens with two attached hydrogens (primary N) is 1. The second kappa shape index (κ2) is 20.4. The van der Waals surface area contributed by atoms with E-state index in [9.17, 15) is 44.1 Å². The first-order valence-electron chi connectivity index (χ1n) is 13.7. The fourth-order valence-electron chi connectivity index (χ4n) is 3.88. The van der Waals surface area contributed by atoms with Gasteiger partial charge < -0.3 is 53.0 Å². The molecule has 16 nitrogen and oxygen atoms in total. The number of rotatable bonds is 22. The van der Waals surface area contributed by atoms with Gasteiger partial charge in [0.25, 0.3) is 0 Å². The van der Waals surface area contributed by atoms with Crippen LogP contribution in [0.3, 0.4) is 0 Å². The van der Waals surface area contributed by atoms with Crippen LogP contribution in [0.25, 0.3) is 0 Å². The molecule has 17 heteroatoms. The SMILES string of the molecule is C=C(N)NCCCC(NC(=O)C(NC)C(C)O)C(=O)NC(CCSC)C(=O)NC(CC(=O)O)C(=O)NC(C(=O)O)C(C)C. The number of nitrogens with one attached hydrogen (secondary N) is 6. The maximum atomic E-state index is 13.4. The van der Waals surface area contributed by atoms with Crippen LogP contribution in [0.1, 0.15) is 46.5 Å². The molecule has 6 atom stereocenters. The Hall–Kier alpha value is -3.57. The van der Waals surface area contributed by atoms with E-state index in [1.165, 1.54) is 25.7 Å². The van der Waals surface area contributed by atoms with Gasteiger partial charge in [-0.2, -0.15) is 11.8 Å². The van der Waals surface area contributed by atoms with Crippen LogP contribution >= 0.6 is 11.8 Å². The van der Waals surface area contributed by atoms with Crippen LogP contribution in [0, 0.1) is 5.92 Å². The van der Waals surface area contributed by atoms with Crippen molar-refractivity contribution in [3.05, 3.63) is 12.4 Å². The molecule has 0 heterocycles. The Kier molecular flexibility index (Phi) is 18.7. The lowest BCUT2D eigenvalue weighted by atomic mass is 10.0. The molecule has 0 radical (unpaired) electrons. The first-order chi connectivity index (χ1) is 20.0. The summed E-state index contributed by atoms with van der Waals surface area (Å²) >= 11 is 1.37. The number of aliphatic hydroxyl groups is 1. The Bertz CT molecular complexity index is 981. The minimum Gasteiger partial charge on any atom is -0.481 e. The number of carboxylic acid groups (broad SMARTS) is 2. The zero-order valence-corrected chi connectivity index (χ0v) is 26.1. The lowest BCUT2D eigenvalue weighted by Gasteiger charge is -2.27. The van der Waals surface area contributed by atoms with Gasteiger partial charge in [-0.15, -0.1) is 0 Å². The van der Waals surface area contributed by atoms with Gasteiger partial charge in [-0.3, -0.25) is 24.0 Å².